The van der Waals surface area contributed by atoms with Gasteiger partial charge in [-0.05, 0) is 24.3 Å². The van der Waals surface area contributed by atoms with E-state index in [-0.39, 0.29) is 52.6 Å². The fourth-order valence-corrected chi connectivity index (χ4v) is 3.00. The molecule has 0 aliphatic heterocycles. The summed E-state index contributed by atoms with van der Waals surface area (Å²) >= 11 is 0. The van der Waals surface area contributed by atoms with Gasteiger partial charge in [0.1, 0.15) is 22.8 Å². The van der Waals surface area contributed by atoms with Gasteiger partial charge in [0.15, 0.2) is 0 Å². The fourth-order valence-electron chi connectivity index (χ4n) is 3.00. The van der Waals surface area contributed by atoms with Crippen LogP contribution in [0.25, 0.3) is 0 Å². The molecule has 0 saturated carbocycles. The Morgan fingerprint density at radius 3 is 1.43 bits per heavy atom. The molecule has 0 radical (unpaired) electrons. The Morgan fingerprint density at radius 1 is 0.595 bits per heavy atom. The minimum atomic E-state index is -0.776. The molecule has 0 bridgehead atoms. The monoisotopic (exact) mass is 506 g/mol. The van der Waals surface area contributed by atoms with Crippen LogP contribution in [0, 0.1) is 0 Å². The largest absolute Gasteiger partial charge is 0.481 e. The van der Waals surface area contributed by atoms with Crippen LogP contribution in [0.15, 0.2) is 60.7 Å². The Balaban J connectivity index is 1.77. The van der Waals surface area contributed by atoms with Gasteiger partial charge in [-0.2, -0.15) is 19.9 Å². The van der Waals surface area contributed by atoms with Gasteiger partial charge < -0.3 is 33.2 Å². The highest BCUT2D eigenvalue weighted by molar-refractivity contribution is 5.97. The maximum absolute atomic E-state index is 13.4. The van der Waals surface area contributed by atoms with Crippen molar-refractivity contribution in [3.8, 4) is 52.8 Å². The first-order valence-corrected chi connectivity index (χ1v) is 10.7. The molecule has 37 heavy (non-hydrogen) atoms. The SMILES string of the molecule is COc1cc(OC)nc(Oc2cccc(Oc3nc(OC)cc(OC)n3)c2C(=O)Oc2ccccc2)n1. The smallest absolute Gasteiger partial charge is 0.351 e. The molecule has 2 aromatic heterocycles. The van der Waals surface area contributed by atoms with E-state index in [1.54, 1.807) is 36.4 Å². The number of benzene rings is 2. The molecule has 0 aliphatic rings. The van der Waals surface area contributed by atoms with Crippen molar-refractivity contribution in [1.82, 2.24) is 19.9 Å². The molecule has 0 atom stereocenters. The number of para-hydroxylation sites is 1. The van der Waals surface area contributed by atoms with Crippen molar-refractivity contribution in [3.05, 3.63) is 66.2 Å². The third-order valence-electron chi connectivity index (χ3n) is 4.70. The van der Waals surface area contributed by atoms with E-state index in [2.05, 4.69) is 19.9 Å². The molecule has 0 spiro atoms. The number of carbonyl (C=O) groups is 1. The Kier molecular flexibility index (Phi) is 7.79. The summed E-state index contributed by atoms with van der Waals surface area (Å²) in [6.45, 7) is 0. The van der Waals surface area contributed by atoms with Gasteiger partial charge in [-0.3, -0.25) is 0 Å². The average Bonchev–Trinajstić information content (AvgIpc) is 2.93. The first-order chi connectivity index (χ1) is 18.0. The molecule has 0 unspecified atom stereocenters. The lowest BCUT2D eigenvalue weighted by atomic mass is 10.1. The molecule has 4 aromatic rings. The van der Waals surface area contributed by atoms with E-state index in [9.17, 15) is 4.79 Å². The summed E-state index contributed by atoms with van der Waals surface area (Å²) in [5.41, 5.74) is -0.0814. The predicted octanol–water partition coefficient (Wildman–Crippen LogP) is 4.10. The van der Waals surface area contributed by atoms with Crippen LogP contribution in [0.1, 0.15) is 10.4 Å². The van der Waals surface area contributed by atoms with Crippen molar-refractivity contribution in [2.24, 2.45) is 0 Å². The van der Waals surface area contributed by atoms with E-state index in [0.29, 0.717) is 5.75 Å². The number of aromatic nitrogens is 4. The number of rotatable bonds is 10. The Morgan fingerprint density at radius 2 is 1.03 bits per heavy atom. The van der Waals surface area contributed by atoms with Gasteiger partial charge in [0.05, 0.1) is 40.6 Å². The quantitative estimate of drug-likeness (QED) is 0.226. The lowest BCUT2D eigenvalue weighted by molar-refractivity contribution is 0.0729. The van der Waals surface area contributed by atoms with Gasteiger partial charge in [0.25, 0.3) is 0 Å². The number of hydrogen-bond donors (Lipinski definition) is 0. The second-order valence-corrected chi connectivity index (χ2v) is 7.01. The molecule has 2 heterocycles. The third kappa shape index (κ3) is 6.11. The summed E-state index contributed by atoms with van der Waals surface area (Å²) < 4.78 is 38.0. The summed E-state index contributed by atoms with van der Waals surface area (Å²) in [4.78, 5) is 30.0. The Bertz CT molecular complexity index is 1260. The van der Waals surface area contributed by atoms with Crippen LogP contribution < -0.4 is 33.2 Å². The first-order valence-electron chi connectivity index (χ1n) is 10.7. The summed E-state index contributed by atoms with van der Waals surface area (Å²) in [7, 11) is 5.74. The van der Waals surface area contributed by atoms with Crippen molar-refractivity contribution in [1.29, 1.82) is 0 Å². The standard InChI is InChI=1S/C25H22N4O8/c1-31-18-13-19(32-2)27-24(26-18)36-16-11-8-12-17(22(16)23(30)35-15-9-6-5-7-10-15)37-25-28-20(33-3)14-21(29-25)34-4/h5-14H,1-4H3. The minimum absolute atomic E-state index is 0.0311. The van der Waals surface area contributed by atoms with Gasteiger partial charge in [0, 0.05) is 0 Å². The van der Waals surface area contributed by atoms with Crippen molar-refractivity contribution >= 4 is 5.97 Å². The second kappa shape index (κ2) is 11.5. The van der Waals surface area contributed by atoms with Crippen LogP contribution >= 0.6 is 0 Å². The number of methoxy groups -OCH3 is 4. The van der Waals surface area contributed by atoms with Crippen LogP contribution in [0.4, 0.5) is 0 Å². The normalized spacial score (nSPS) is 10.3. The molecule has 12 heteroatoms. The molecule has 190 valence electrons. The number of ether oxygens (including phenoxy) is 7. The highest BCUT2D eigenvalue weighted by Gasteiger charge is 2.24. The molecule has 0 aliphatic carbocycles. The van der Waals surface area contributed by atoms with Crippen LogP contribution in [0.5, 0.6) is 52.8 Å². The van der Waals surface area contributed by atoms with Crippen LogP contribution in [0.2, 0.25) is 0 Å². The number of carbonyl (C=O) groups excluding carboxylic acids is 1. The molecule has 4 rings (SSSR count). The van der Waals surface area contributed by atoms with Crippen molar-refractivity contribution < 1.29 is 38.0 Å². The van der Waals surface area contributed by atoms with Crippen LogP contribution in [-0.2, 0) is 0 Å². The highest BCUT2D eigenvalue weighted by Crippen LogP contribution is 2.35. The van der Waals surface area contributed by atoms with Crippen LogP contribution in [0.3, 0.4) is 0 Å². The first kappa shape index (κ1) is 25.0. The maximum Gasteiger partial charge on any atom is 0.351 e. The zero-order valence-electron chi connectivity index (χ0n) is 20.3. The van der Waals surface area contributed by atoms with E-state index in [1.807, 2.05) is 0 Å². The molecule has 0 fully saturated rings. The average molecular weight is 506 g/mol. The van der Waals surface area contributed by atoms with Crippen molar-refractivity contribution in [3.63, 3.8) is 0 Å². The Labute approximate surface area is 211 Å². The van der Waals surface area contributed by atoms with Crippen LogP contribution in [-0.4, -0.2) is 54.3 Å². The number of esters is 1. The van der Waals surface area contributed by atoms with Gasteiger partial charge in [-0.15, -0.1) is 0 Å². The van der Waals surface area contributed by atoms with E-state index in [0.717, 1.165) is 0 Å². The van der Waals surface area contributed by atoms with Gasteiger partial charge in [-0.25, -0.2) is 4.79 Å². The lowest BCUT2D eigenvalue weighted by Gasteiger charge is -2.15. The third-order valence-corrected chi connectivity index (χ3v) is 4.70. The molecular formula is C25H22N4O8. The topological polar surface area (TPSA) is 133 Å². The summed E-state index contributed by atoms with van der Waals surface area (Å²) in [6, 6.07) is 15.8. The fraction of sp³-hybridized carbons (Fsp3) is 0.160. The summed E-state index contributed by atoms with van der Waals surface area (Å²) in [5.74, 6) is 0.374. The van der Waals surface area contributed by atoms with E-state index >= 15 is 0 Å². The molecule has 0 saturated heterocycles. The summed E-state index contributed by atoms with van der Waals surface area (Å²) in [5, 5.41) is 0. The number of nitrogens with zero attached hydrogens (tertiary/aromatic N) is 4. The van der Waals surface area contributed by atoms with Crippen molar-refractivity contribution in [2.75, 3.05) is 28.4 Å². The van der Waals surface area contributed by atoms with E-state index < -0.39 is 5.97 Å². The predicted molar refractivity (Wildman–Crippen MR) is 128 cm³/mol. The summed E-state index contributed by atoms with van der Waals surface area (Å²) in [6.07, 6.45) is 0. The van der Waals surface area contributed by atoms with Gasteiger partial charge in [-0.1, -0.05) is 24.3 Å². The molecule has 2 aromatic carbocycles. The Hall–Kier alpha value is -5.13. The minimum Gasteiger partial charge on any atom is -0.481 e. The van der Waals surface area contributed by atoms with E-state index in [4.69, 9.17) is 33.2 Å². The lowest BCUT2D eigenvalue weighted by Crippen LogP contribution is -2.12. The molecular weight excluding hydrogens is 484 g/mol. The number of hydrogen-bond acceptors (Lipinski definition) is 12. The van der Waals surface area contributed by atoms with E-state index in [1.165, 1.54) is 52.7 Å². The van der Waals surface area contributed by atoms with Crippen molar-refractivity contribution in [2.45, 2.75) is 0 Å². The second-order valence-electron chi connectivity index (χ2n) is 7.01. The zero-order chi connectivity index (χ0) is 26.2. The molecule has 0 amide bonds. The van der Waals surface area contributed by atoms with Gasteiger partial charge in [0.2, 0.25) is 23.5 Å². The highest BCUT2D eigenvalue weighted by atomic mass is 16.6. The molecule has 0 N–H and O–H groups in total. The maximum atomic E-state index is 13.4. The van der Waals surface area contributed by atoms with Gasteiger partial charge >= 0.3 is 18.0 Å². The molecule has 12 nitrogen and oxygen atoms in total. The zero-order valence-corrected chi connectivity index (χ0v) is 20.3.